The van der Waals surface area contributed by atoms with Crippen molar-refractivity contribution in [2.75, 3.05) is 0 Å². The number of aryl methyl sites for hydroxylation is 1. The van der Waals surface area contributed by atoms with E-state index in [1.165, 1.54) is 11.1 Å². The summed E-state index contributed by atoms with van der Waals surface area (Å²) < 4.78 is 0. The van der Waals surface area contributed by atoms with Gasteiger partial charge in [-0.3, -0.25) is 0 Å². The van der Waals surface area contributed by atoms with Crippen LogP contribution in [0.15, 0.2) is 29.4 Å². The van der Waals surface area contributed by atoms with Crippen LogP contribution in [0.1, 0.15) is 37.8 Å². The Labute approximate surface area is 91.9 Å². The monoisotopic (exact) mass is 205 g/mol. The lowest BCUT2D eigenvalue weighted by molar-refractivity contribution is 0.131. The van der Waals surface area contributed by atoms with Crippen LogP contribution >= 0.6 is 0 Å². The van der Waals surface area contributed by atoms with E-state index in [4.69, 9.17) is 4.84 Å². The van der Waals surface area contributed by atoms with Crippen molar-refractivity contribution in [1.29, 1.82) is 0 Å². The zero-order valence-electron chi connectivity index (χ0n) is 9.57. The SMILES string of the molecule is CCCC=NOCc1ccc(CC)cc1. The van der Waals surface area contributed by atoms with E-state index in [2.05, 4.69) is 43.3 Å². The molecule has 0 atom stereocenters. The summed E-state index contributed by atoms with van der Waals surface area (Å²) in [4.78, 5) is 5.16. The molecule has 0 aliphatic carbocycles. The topological polar surface area (TPSA) is 21.6 Å². The number of hydrogen-bond donors (Lipinski definition) is 0. The summed E-state index contributed by atoms with van der Waals surface area (Å²) in [5.41, 5.74) is 2.52. The van der Waals surface area contributed by atoms with Crippen LogP contribution in [0.2, 0.25) is 0 Å². The van der Waals surface area contributed by atoms with Crippen LogP contribution < -0.4 is 0 Å². The Hall–Kier alpha value is -1.31. The molecule has 0 heterocycles. The van der Waals surface area contributed by atoms with Crippen molar-refractivity contribution >= 4 is 6.21 Å². The summed E-state index contributed by atoms with van der Waals surface area (Å²) in [5, 5.41) is 3.87. The molecule has 0 aliphatic heterocycles. The highest BCUT2D eigenvalue weighted by molar-refractivity contribution is 5.55. The van der Waals surface area contributed by atoms with E-state index in [0.29, 0.717) is 6.61 Å². The minimum Gasteiger partial charge on any atom is -0.391 e. The van der Waals surface area contributed by atoms with Crippen molar-refractivity contribution < 1.29 is 4.84 Å². The third-order valence-corrected chi connectivity index (χ3v) is 2.23. The summed E-state index contributed by atoms with van der Waals surface area (Å²) in [5.74, 6) is 0. The number of rotatable bonds is 6. The lowest BCUT2D eigenvalue weighted by Crippen LogP contribution is -1.88. The molecule has 82 valence electrons. The second-order valence-corrected chi connectivity index (χ2v) is 3.52. The Bertz CT molecular complexity index is 290. The Balaban J connectivity index is 2.31. The summed E-state index contributed by atoms with van der Waals surface area (Å²) in [7, 11) is 0. The maximum Gasteiger partial charge on any atom is 0.142 e. The lowest BCUT2D eigenvalue weighted by atomic mass is 10.1. The third kappa shape index (κ3) is 4.63. The zero-order valence-corrected chi connectivity index (χ0v) is 9.57. The van der Waals surface area contributed by atoms with Crippen LogP contribution in [-0.2, 0) is 17.9 Å². The second-order valence-electron chi connectivity index (χ2n) is 3.52. The maximum absolute atomic E-state index is 5.16. The van der Waals surface area contributed by atoms with Gasteiger partial charge < -0.3 is 4.84 Å². The average molecular weight is 205 g/mol. The average Bonchev–Trinajstić information content (AvgIpc) is 2.30. The molecular formula is C13H19NO. The van der Waals surface area contributed by atoms with E-state index in [-0.39, 0.29) is 0 Å². The smallest absolute Gasteiger partial charge is 0.142 e. The van der Waals surface area contributed by atoms with Crippen molar-refractivity contribution in [3.05, 3.63) is 35.4 Å². The van der Waals surface area contributed by atoms with Gasteiger partial charge in [0.2, 0.25) is 0 Å². The molecule has 0 N–H and O–H groups in total. The van der Waals surface area contributed by atoms with Crippen molar-refractivity contribution in [2.45, 2.75) is 39.7 Å². The molecule has 1 aromatic rings. The fraction of sp³-hybridized carbons (Fsp3) is 0.462. The van der Waals surface area contributed by atoms with Gasteiger partial charge in [0.1, 0.15) is 6.61 Å². The van der Waals surface area contributed by atoms with Gasteiger partial charge in [-0.2, -0.15) is 0 Å². The molecule has 0 bridgehead atoms. The predicted octanol–water partition coefficient (Wildman–Crippen LogP) is 3.55. The first kappa shape index (κ1) is 11.8. The number of hydrogen-bond acceptors (Lipinski definition) is 2. The highest BCUT2D eigenvalue weighted by Crippen LogP contribution is 2.06. The molecule has 0 saturated heterocycles. The van der Waals surface area contributed by atoms with Crippen LogP contribution in [0.25, 0.3) is 0 Å². The Morgan fingerprint density at radius 3 is 2.40 bits per heavy atom. The van der Waals surface area contributed by atoms with Gasteiger partial charge in [-0.05, 0) is 24.0 Å². The Kier molecular flexibility index (Phi) is 5.52. The van der Waals surface area contributed by atoms with Gasteiger partial charge >= 0.3 is 0 Å². The molecular weight excluding hydrogens is 186 g/mol. The molecule has 0 unspecified atom stereocenters. The summed E-state index contributed by atoms with van der Waals surface area (Å²) in [6.45, 7) is 4.83. The van der Waals surface area contributed by atoms with E-state index in [1.54, 1.807) is 0 Å². The molecule has 0 saturated carbocycles. The fourth-order valence-corrected chi connectivity index (χ4v) is 1.22. The number of benzene rings is 1. The van der Waals surface area contributed by atoms with E-state index in [9.17, 15) is 0 Å². The van der Waals surface area contributed by atoms with Crippen molar-refractivity contribution in [3.63, 3.8) is 0 Å². The van der Waals surface area contributed by atoms with E-state index in [1.807, 2.05) is 6.21 Å². The molecule has 1 rings (SSSR count). The predicted molar refractivity (Wildman–Crippen MR) is 64.0 cm³/mol. The Morgan fingerprint density at radius 2 is 1.80 bits per heavy atom. The maximum atomic E-state index is 5.16. The molecule has 15 heavy (non-hydrogen) atoms. The molecule has 0 radical (unpaired) electrons. The lowest BCUT2D eigenvalue weighted by Gasteiger charge is -2.01. The summed E-state index contributed by atoms with van der Waals surface area (Å²) >= 11 is 0. The minimum absolute atomic E-state index is 0.560. The van der Waals surface area contributed by atoms with E-state index < -0.39 is 0 Å². The van der Waals surface area contributed by atoms with Crippen molar-refractivity contribution in [3.8, 4) is 0 Å². The van der Waals surface area contributed by atoms with Gasteiger partial charge in [0, 0.05) is 6.21 Å². The highest BCUT2D eigenvalue weighted by atomic mass is 16.6. The van der Waals surface area contributed by atoms with Crippen LogP contribution in [0, 0.1) is 0 Å². The molecule has 0 fully saturated rings. The highest BCUT2D eigenvalue weighted by Gasteiger charge is 1.92. The minimum atomic E-state index is 0.560. The van der Waals surface area contributed by atoms with Crippen LogP contribution in [0.4, 0.5) is 0 Å². The van der Waals surface area contributed by atoms with Crippen LogP contribution in [-0.4, -0.2) is 6.21 Å². The first-order chi connectivity index (χ1) is 7.36. The summed E-state index contributed by atoms with van der Waals surface area (Å²) in [6.07, 6.45) is 4.99. The standard InChI is InChI=1S/C13H19NO/c1-3-5-10-14-15-11-13-8-6-12(4-2)7-9-13/h6-10H,3-5,11H2,1-2H3. The normalized spacial score (nSPS) is 10.8. The van der Waals surface area contributed by atoms with Crippen LogP contribution in [0.3, 0.4) is 0 Å². The molecule has 0 aliphatic rings. The van der Waals surface area contributed by atoms with Crippen molar-refractivity contribution in [1.82, 2.24) is 0 Å². The molecule has 0 aromatic heterocycles. The molecule has 2 heteroatoms. The molecule has 1 aromatic carbocycles. The van der Waals surface area contributed by atoms with Gasteiger partial charge in [0.25, 0.3) is 0 Å². The van der Waals surface area contributed by atoms with Gasteiger partial charge in [-0.25, -0.2) is 0 Å². The van der Waals surface area contributed by atoms with E-state index in [0.717, 1.165) is 19.3 Å². The zero-order chi connectivity index (χ0) is 10.9. The quantitative estimate of drug-likeness (QED) is 0.514. The summed E-state index contributed by atoms with van der Waals surface area (Å²) in [6, 6.07) is 8.45. The van der Waals surface area contributed by atoms with Crippen LogP contribution in [0.5, 0.6) is 0 Å². The molecule has 2 nitrogen and oxygen atoms in total. The fourth-order valence-electron chi connectivity index (χ4n) is 1.22. The van der Waals surface area contributed by atoms with Gasteiger partial charge in [-0.1, -0.05) is 49.7 Å². The van der Waals surface area contributed by atoms with E-state index >= 15 is 0 Å². The largest absolute Gasteiger partial charge is 0.391 e. The first-order valence-corrected chi connectivity index (χ1v) is 5.58. The molecule has 0 spiro atoms. The van der Waals surface area contributed by atoms with Gasteiger partial charge in [-0.15, -0.1) is 0 Å². The third-order valence-electron chi connectivity index (χ3n) is 2.23. The number of unbranched alkanes of at least 4 members (excludes halogenated alkanes) is 1. The van der Waals surface area contributed by atoms with Gasteiger partial charge in [0.15, 0.2) is 0 Å². The first-order valence-electron chi connectivity index (χ1n) is 5.58. The Morgan fingerprint density at radius 1 is 1.13 bits per heavy atom. The second kappa shape index (κ2) is 7.04. The number of nitrogens with zero attached hydrogens (tertiary/aromatic N) is 1. The van der Waals surface area contributed by atoms with Crippen molar-refractivity contribution in [2.24, 2.45) is 5.16 Å². The molecule has 0 amide bonds. The number of oxime groups is 1. The van der Waals surface area contributed by atoms with Gasteiger partial charge in [0.05, 0.1) is 0 Å².